The van der Waals surface area contributed by atoms with Gasteiger partial charge in [0.1, 0.15) is 0 Å². The number of hydrogen-bond acceptors (Lipinski definition) is 1. The van der Waals surface area contributed by atoms with E-state index >= 15 is 0 Å². The summed E-state index contributed by atoms with van der Waals surface area (Å²) in [4.78, 5) is 1.36. The standard InChI is InChI=1S/C20H19BrS/c1-12-7-5-8-13(2)18(12)16-11-17(21)22-20(16)19-14(3)9-6-10-15(19)4/h5-11H,1-4H3. The lowest BCUT2D eigenvalue weighted by Gasteiger charge is -2.14. The van der Waals surface area contributed by atoms with Gasteiger partial charge in [-0.15, -0.1) is 11.3 Å². The van der Waals surface area contributed by atoms with E-state index in [4.69, 9.17) is 0 Å². The van der Waals surface area contributed by atoms with E-state index in [1.165, 1.54) is 47.6 Å². The maximum absolute atomic E-state index is 3.69. The molecular formula is C20H19BrS. The van der Waals surface area contributed by atoms with Gasteiger partial charge in [-0.25, -0.2) is 0 Å². The number of hydrogen-bond donors (Lipinski definition) is 0. The monoisotopic (exact) mass is 370 g/mol. The van der Waals surface area contributed by atoms with Crippen LogP contribution in [0.5, 0.6) is 0 Å². The third kappa shape index (κ3) is 2.66. The van der Waals surface area contributed by atoms with Gasteiger partial charge in [0, 0.05) is 10.4 Å². The van der Waals surface area contributed by atoms with Crippen LogP contribution in [0.15, 0.2) is 46.3 Å². The Labute approximate surface area is 145 Å². The summed E-state index contributed by atoms with van der Waals surface area (Å²) in [6.45, 7) is 8.79. The summed E-state index contributed by atoms with van der Waals surface area (Å²) in [6.07, 6.45) is 0. The molecule has 1 heterocycles. The van der Waals surface area contributed by atoms with Crippen molar-refractivity contribution in [2.24, 2.45) is 0 Å². The second-order valence-corrected chi connectivity index (χ2v) is 8.26. The normalized spacial score (nSPS) is 11.0. The number of aryl methyl sites for hydroxylation is 4. The van der Waals surface area contributed by atoms with Crippen molar-refractivity contribution in [3.05, 3.63) is 68.5 Å². The fourth-order valence-corrected chi connectivity index (χ4v) is 4.93. The summed E-state index contributed by atoms with van der Waals surface area (Å²) in [5.74, 6) is 0. The highest BCUT2D eigenvalue weighted by atomic mass is 79.9. The van der Waals surface area contributed by atoms with E-state index in [0.717, 1.165) is 0 Å². The van der Waals surface area contributed by atoms with Crippen LogP contribution >= 0.6 is 27.3 Å². The second-order valence-electron chi connectivity index (χ2n) is 5.83. The Morgan fingerprint density at radius 1 is 0.727 bits per heavy atom. The van der Waals surface area contributed by atoms with E-state index in [1.807, 2.05) is 11.3 Å². The average molecular weight is 371 g/mol. The lowest BCUT2D eigenvalue weighted by molar-refractivity contribution is 1.37. The van der Waals surface area contributed by atoms with Crippen LogP contribution in [0.25, 0.3) is 21.6 Å². The summed E-state index contributed by atoms with van der Waals surface area (Å²) in [5.41, 5.74) is 9.40. The quantitative estimate of drug-likeness (QED) is 0.452. The van der Waals surface area contributed by atoms with Crippen molar-refractivity contribution in [2.75, 3.05) is 0 Å². The van der Waals surface area contributed by atoms with Crippen molar-refractivity contribution < 1.29 is 0 Å². The van der Waals surface area contributed by atoms with Crippen molar-refractivity contribution in [1.29, 1.82) is 0 Å². The van der Waals surface area contributed by atoms with Crippen molar-refractivity contribution in [1.82, 2.24) is 0 Å². The Bertz CT molecular complexity index is 733. The van der Waals surface area contributed by atoms with Gasteiger partial charge in [-0.2, -0.15) is 0 Å². The molecule has 0 amide bonds. The maximum atomic E-state index is 3.69. The molecule has 0 saturated heterocycles. The summed E-state index contributed by atoms with van der Waals surface area (Å²) < 4.78 is 1.18. The first kappa shape index (κ1) is 15.5. The zero-order valence-corrected chi connectivity index (χ0v) is 15.7. The van der Waals surface area contributed by atoms with Gasteiger partial charge >= 0.3 is 0 Å². The van der Waals surface area contributed by atoms with E-state index in [2.05, 4.69) is 86.1 Å². The lowest BCUT2D eigenvalue weighted by Crippen LogP contribution is -1.91. The zero-order chi connectivity index (χ0) is 15.9. The Kier molecular flexibility index (Phi) is 4.24. The second kappa shape index (κ2) is 6.02. The molecule has 22 heavy (non-hydrogen) atoms. The molecule has 3 aromatic rings. The van der Waals surface area contributed by atoms with Crippen LogP contribution in [0.1, 0.15) is 22.3 Å². The third-order valence-corrected chi connectivity index (χ3v) is 5.82. The zero-order valence-electron chi connectivity index (χ0n) is 13.3. The van der Waals surface area contributed by atoms with Gasteiger partial charge in [0.2, 0.25) is 0 Å². The van der Waals surface area contributed by atoms with Crippen LogP contribution in [0.3, 0.4) is 0 Å². The van der Waals surface area contributed by atoms with Crippen LogP contribution in [-0.4, -0.2) is 0 Å². The van der Waals surface area contributed by atoms with Crippen LogP contribution in [-0.2, 0) is 0 Å². The Balaban J connectivity index is 2.33. The van der Waals surface area contributed by atoms with E-state index in [1.54, 1.807) is 0 Å². The van der Waals surface area contributed by atoms with Crippen molar-refractivity contribution >= 4 is 27.3 Å². The minimum atomic E-state index is 1.18. The van der Waals surface area contributed by atoms with E-state index in [0.29, 0.717) is 0 Å². The molecule has 2 aromatic carbocycles. The molecule has 0 aliphatic carbocycles. The summed E-state index contributed by atoms with van der Waals surface area (Å²) in [6, 6.07) is 15.3. The van der Waals surface area contributed by atoms with Crippen LogP contribution in [0.4, 0.5) is 0 Å². The molecule has 0 nitrogen and oxygen atoms in total. The van der Waals surface area contributed by atoms with Gasteiger partial charge in [0.05, 0.1) is 3.79 Å². The molecule has 0 saturated carbocycles. The van der Waals surface area contributed by atoms with Crippen molar-refractivity contribution in [3.8, 4) is 21.6 Å². The molecule has 112 valence electrons. The molecule has 2 heteroatoms. The van der Waals surface area contributed by atoms with Gasteiger partial charge in [-0.1, -0.05) is 36.4 Å². The van der Waals surface area contributed by atoms with Crippen LogP contribution in [0.2, 0.25) is 0 Å². The van der Waals surface area contributed by atoms with E-state index in [9.17, 15) is 0 Å². The number of halogens is 1. The highest BCUT2D eigenvalue weighted by molar-refractivity contribution is 9.11. The minimum absolute atomic E-state index is 1.18. The molecule has 0 atom stereocenters. The predicted molar refractivity (Wildman–Crippen MR) is 102 cm³/mol. The predicted octanol–water partition coefficient (Wildman–Crippen LogP) is 7.08. The van der Waals surface area contributed by atoms with Crippen molar-refractivity contribution in [2.45, 2.75) is 27.7 Å². The number of thiophene rings is 1. The number of benzene rings is 2. The maximum Gasteiger partial charge on any atom is 0.0711 e. The fraction of sp³-hybridized carbons (Fsp3) is 0.200. The topological polar surface area (TPSA) is 0 Å². The molecule has 0 fully saturated rings. The van der Waals surface area contributed by atoms with Gasteiger partial charge in [-0.05, 0) is 83.1 Å². The highest BCUT2D eigenvalue weighted by Gasteiger charge is 2.17. The minimum Gasteiger partial charge on any atom is -0.128 e. The van der Waals surface area contributed by atoms with Gasteiger partial charge < -0.3 is 0 Å². The molecule has 0 bridgehead atoms. The fourth-order valence-electron chi connectivity index (χ4n) is 3.14. The molecule has 3 rings (SSSR count). The molecule has 0 aliphatic heterocycles. The highest BCUT2D eigenvalue weighted by Crippen LogP contribution is 2.45. The first-order valence-corrected chi connectivity index (χ1v) is 9.02. The Hall–Kier alpha value is -1.38. The molecule has 1 aromatic heterocycles. The smallest absolute Gasteiger partial charge is 0.0711 e. The summed E-state index contributed by atoms with van der Waals surface area (Å²) in [7, 11) is 0. The van der Waals surface area contributed by atoms with E-state index in [-0.39, 0.29) is 0 Å². The molecule has 0 N–H and O–H groups in total. The molecule has 0 spiro atoms. The average Bonchev–Trinajstić information content (AvgIpc) is 2.80. The molecule has 0 aliphatic rings. The number of rotatable bonds is 2. The first-order valence-electron chi connectivity index (χ1n) is 7.41. The van der Waals surface area contributed by atoms with E-state index < -0.39 is 0 Å². The third-order valence-electron chi connectivity index (χ3n) is 4.16. The molecular weight excluding hydrogens is 352 g/mol. The SMILES string of the molecule is Cc1cccc(C)c1-c1cc(Br)sc1-c1c(C)cccc1C. The summed E-state index contributed by atoms with van der Waals surface area (Å²) in [5, 5.41) is 0. The molecule has 0 unspecified atom stereocenters. The van der Waals surface area contributed by atoms with Crippen molar-refractivity contribution in [3.63, 3.8) is 0 Å². The Morgan fingerprint density at radius 3 is 1.68 bits per heavy atom. The first-order chi connectivity index (χ1) is 10.5. The molecule has 0 radical (unpaired) electrons. The lowest BCUT2D eigenvalue weighted by atomic mass is 9.92. The van der Waals surface area contributed by atoms with Gasteiger partial charge in [0.25, 0.3) is 0 Å². The van der Waals surface area contributed by atoms with Gasteiger partial charge in [-0.3, -0.25) is 0 Å². The Morgan fingerprint density at radius 2 is 1.18 bits per heavy atom. The summed E-state index contributed by atoms with van der Waals surface area (Å²) >= 11 is 5.52. The van der Waals surface area contributed by atoms with Crippen LogP contribution in [0, 0.1) is 27.7 Å². The van der Waals surface area contributed by atoms with Gasteiger partial charge in [0.15, 0.2) is 0 Å². The van der Waals surface area contributed by atoms with Crippen LogP contribution < -0.4 is 0 Å². The largest absolute Gasteiger partial charge is 0.128 e.